The molecular formula is C23H20N2S. The average Bonchev–Trinajstić information content (AvgIpc) is 3.10. The Morgan fingerprint density at radius 3 is 2.31 bits per heavy atom. The number of rotatable bonds is 4. The Kier molecular flexibility index (Phi) is 4.55. The molecule has 1 aromatic heterocycles. The molecule has 0 aliphatic carbocycles. The number of hydrogen-bond acceptors (Lipinski definition) is 3. The molecule has 0 radical (unpaired) electrons. The molecule has 2 nitrogen and oxygen atoms in total. The van der Waals surface area contributed by atoms with E-state index < -0.39 is 0 Å². The summed E-state index contributed by atoms with van der Waals surface area (Å²) < 4.78 is 1.22. The molecule has 3 heteroatoms. The minimum atomic E-state index is 1.03. The van der Waals surface area contributed by atoms with Gasteiger partial charge in [-0.2, -0.15) is 0 Å². The van der Waals surface area contributed by atoms with Gasteiger partial charge in [0.25, 0.3) is 0 Å². The highest BCUT2D eigenvalue weighted by Gasteiger charge is 2.04. The molecule has 0 saturated heterocycles. The van der Waals surface area contributed by atoms with E-state index in [4.69, 9.17) is 0 Å². The van der Waals surface area contributed by atoms with Crippen LogP contribution in [0.3, 0.4) is 0 Å². The van der Waals surface area contributed by atoms with Gasteiger partial charge in [0.1, 0.15) is 5.01 Å². The van der Waals surface area contributed by atoms with Crippen LogP contribution in [0.25, 0.3) is 33.5 Å². The first kappa shape index (κ1) is 16.6. The first-order valence-electron chi connectivity index (χ1n) is 8.61. The fourth-order valence-corrected chi connectivity index (χ4v) is 3.84. The van der Waals surface area contributed by atoms with E-state index >= 15 is 0 Å². The lowest BCUT2D eigenvalue weighted by Crippen LogP contribution is -2.07. The smallest absolute Gasteiger partial charge is 0.117 e. The molecule has 0 N–H and O–H groups in total. The van der Waals surface area contributed by atoms with Gasteiger partial charge in [-0.05, 0) is 47.0 Å². The minimum absolute atomic E-state index is 1.03. The predicted octanol–water partition coefficient (Wildman–Crippen LogP) is 6.20. The zero-order valence-corrected chi connectivity index (χ0v) is 15.7. The fourth-order valence-electron chi connectivity index (χ4n) is 2.97. The van der Waals surface area contributed by atoms with Crippen molar-refractivity contribution in [3.05, 3.63) is 83.4 Å². The van der Waals surface area contributed by atoms with Crippen LogP contribution in [-0.4, -0.2) is 19.1 Å². The van der Waals surface area contributed by atoms with E-state index in [0.29, 0.717) is 0 Å². The Hall–Kier alpha value is -2.91. The van der Waals surface area contributed by atoms with Crippen molar-refractivity contribution in [2.24, 2.45) is 0 Å². The van der Waals surface area contributed by atoms with Crippen LogP contribution in [0.2, 0.25) is 0 Å². The van der Waals surface area contributed by atoms with Gasteiger partial charge in [-0.25, -0.2) is 4.98 Å². The third-order valence-corrected chi connectivity index (χ3v) is 5.37. The lowest BCUT2D eigenvalue weighted by Gasteiger charge is -2.13. The van der Waals surface area contributed by atoms with Crippen molar-refractivity contribution in [3.8, 4) is 11.1 Å². The van der Waals surface area contributed by atoms with Crippen molar-refractivity contribution in [1.29, 1.82) is 0 Å². The first-order valence-corrected chi connectivity index (χ1v) is 9.43. The molecule has 0 aliphatic rings. The third kappa shape index (κ3) is 3.39. The highest BCUT2D eigenvalue weighted by atomic mass is 32.1. The van der Waals surface area contributed by atoms with Crippen LogP contribution in [0.15, 0.2) is 72.8 Å². The molecule has 0 unspecified atom stereocenters. The lowest BCUT2D eigenvalue weighted by molar-refractivity contribution is 1.13. The summed E-state index contributed by atoms with van der Waals surface area (Å²) in [5, 5.41) is 1.03. The molecule has 0 spiro atoms. The van der Waals surface area contributed by atoms with Gasteiger partial charge >= 0.3 is 0 Å². The van der Waals surface area contributed by atoms with Gasteiger partial charge in [-0.1, -0.05) is 54.6 Å². The molecule has 0 bridgehead atoms. The van der Waals surface area contributed by atoms with Crippen LogP contribution in [0, 0.1) is 0 Å². The van der Waals surface area contributed by atoms with E-state index in [0.717, 1.165) is 10.5 Å². The molecule has 26 heavy (non-hydrogen) atoms. The lowest BCUT2D eigenvalue weighted by atomic mass is 9.99. The van der Waals surface area contributed by atoms with Crippen molar-refractivity contribution >= 4 is 39.4 Å². The molecule has 0 amide bonds. The fraction of sp³-hybridized carbons (Fsp3) is 0.0870. The Labute approximate surface area is 158 Å². The second kappa shape index (κ2) is 7.14. The van der Waals surface area contributed by atoms with E-state index in [2.05, 4.69) is 103 Å². The van der Waals surface area contributed by atoms with E-state index in [1.807, 2.05) is 6.07 Å². The summed E-state index contributed by atoms with van der Waals surface area (Å²) in [6, 6.07) is 25.4. The van der Waals surface area contributed by atoms with Gasteiger partial charge in [-0.3, -0.25) is 0 Å². The number of fused-ring (bicyclic) bond motifs is 1. The number of nitrogens with zero attached hydrogens (tertiary/aromatic N) is 2. The summed E-state index contributed by atoms with van der Waals surface area (Å²) in [4.78, 5) is 6.80. The Balaban J connectivity index is 1.67. The predicted molar refractivity (Wildman–Crippen MR) is 115 cm³/mol. The zero-order chi connectivity index (χ0) is 17.9. The highest BCUT2D eigenvalue weighted by molar-refractivity contribution is 7.19. The molecule has 1 heterocycles. The number of benzene rings is 3. The van der Waals surface area contributed by atoms with Gasteiger partial charge in [0.05, 0.1) is 10.2 Å². The van der Waals surface area contributed by atoms with Crippen LogP contribution in [0.5, 0.6) is 0 Å². The number of para-hydroxylation sites is 1. The second-order valence-corrected chi connectivity index (χ2v) is 7.44. The summed E-state index contributed by atoms with van der Waals surface area (Å²) in [6.07, 6.45) is 4.27. The first-order chi connectivity index (χ1) is 12.7. The van der Waals surface area contributed by atoms with Gasteiger partial charge in [0.15, 0.2) is 0 Å². The molecule has 0 aliphatic heterocycles. The van der Waals surface area contributed by atoms with Gasteiger partial charge < -0.3 is 4.90 Å². The Morgan fingerprint density at radius 1 is 0.808 bits per heavy atom. The number of aromatic nitrogens is 1. The summed E-state index contributed by atoms with van der Waals surface area (Å²) >= 11 is 1.72. The quantitative estimate of drug-likeness (QED) is 0.433. The zero-order valence-electron chi connectivity index (χ0n) is 14.9. The summed E-state index contributed by atoms with van der Waals surface area (Å²) in [6.45, 7) is 0. The van der Waals surface area contributed by atoms with E-state index in [9.17, 15) is 0 Å². The van der Waals surface area contributed by atoms with E-state index in [1.165, 1.54) is 27.1 Å². The summed E-state index contributed by atoms with van der Waals surface area (Å²) in [5.41, 5.74) is 5.92. The van der Waals surface area contributed by atoms with Crippen LogP contribution in [0.4, 0.5) is 5.69 Å². The van der Waals surface area contributed by atoms with E-state index in [1.54, 1.807) is 11.3 Å². The minimum Gasteiger partial charge on any atom is -0.378 e. The summed E-state index contributed by atoms with van der Waals surface area (Å²) in [7, 11) is 4.12. The van der Waals surface area contributed by atoms with Crippen molar-refractivity contribution in [2.75, 3.05) is 19.0 Å². The second-order valence-electron chi connectivity index (χ2n) is 6.38. The van der Waals surface area contributed by atoms with Gasteiger partial charge in [0.2, 0.25) is 0 Å². The highest BCUT2D eigenvalue weighted by Crippen LogP contribution is 2.28. The number of anilines is 1. The maximum atomic E-state index is 4.69. The molecule has 0 saturated carbocycles. The standard InChI is InChI=1S/C23H20N2S/c1-25(2)19-14-11-18(12-15-19)20-8-4-3-7-17(20)13-16-23-24-21-9-5-6-10-22(21)26-23/h3-16H,1-2H3/b16-13+. The molecule has 4 rings (SSSR count). The molecule has 3 aromatic carbocycles. The van der Waals surface area contributed by atoms with Crippen LogP contribution in [0.1, 0.15) is 10.6 Å². The van der Waals surface area contributed by atoms with Crippen LogP contribution in [-0.2, 0) is 0 Å². The normalized spacial score (nSPS) is 11.3. The number of hydrogen-bond donors (Lipinski definition) is 0. The maximum absolute atomic E-state index is 4.69. The Morgan fingerprint density at radius 2 is 1.54 bits per heavy atom. The van der Waals surface area contributed by atoms with E-state index in [-0.39, 0.29) is 0 Å². The largest absolute Gasteiger partial charge is 0.378 e. The maximum Gasteiger partial charge on any atom is 0.117 e. The van der Waals surface area contributed by atoms with Crippen molar-refractivity contribution in [3.63, 3.8) is 0 Å². The molecule has 4 aromatic rings. The van der Waals surface area contributed by atoms with Crippen molar-refractivity contribution in [2.45, 2.75) is 0 Å². The van der Waals surface area contributed by atoms with Crippen LogP contribution < -0.4 is 4.90 Å². The van der Waals surface area contributed by atoms with Crippen molar-refractivity contribution in [1.82, 2.24) is 4.98 Å². The number of thiazole rings is 1. The third-order valence-electron chi connectivity index (χ3n) is 4.37. The van der Waals surface area contributed by atoms with Crippen molar-refractivity contribution < 1.29 is 0 Å². The molecular weight excluding hydrogens is 336 g/mol. The summed E-state index contributed by atoms with van der Waals surface area (Å²) in [5.74, 6) is 0. The van der Waals surface area contributed by atoms with Crippen LogP contribution >= 0.6 is 11.3 Å². The molecule has 0 fully saturated rings. The van der Waals surface area contributed by atoms with Gasteiger partial charge in [0, 0.05) is 19.8 Å². The topological polar surface area (TPSA) is 16.1 Å². The monoisotopic (exact) mass is 356 g/mol. The SMILES string of the molecule is CN(C)c1ccc(-c2ccccc2/C=C/c2nc3ccccc3s2)cc1. The average molecular weight is 356 g/mol. The molecule has 128 valence electrons. The molecule has 0 atom stereocenters. The van der Waals surface area contributed by atoms with Gasteiger partial charge in [-0.15, -0.1) is 11.3 Å². The Bertz CT molecular complexity index is 1030.